The van der Waals surface area contributed by atoms with Gasteiger partial charge in [0.05, 0.1) is 0 Å². The molecule has 1 unspecified atom stereocenters. The maximum absolute atomic E-state index is 10.4. The Balaban J connectivity index is 2.37. The molecule has 0 aliphatic carbocycles. The van der Waals surface area contributed by atoms with Gasteiger partial charge in [0.1, 0.15) is 6.10 Å². The van der Waals surface area contributed by atoms with Gasteiger partial charge in [-0.3, -0.25) is 4.98 Å². The van der Waals surface area contributed by atoms with Gasteiger partial charge in [-0.25, -0.2) is 0 Å². The number of aromatic nitrogens is 1. The number of aryl methyl sites for hydroxylation is 3. The van der Waals surface area contributed by atoms with Crippen LogP contribution in [-0.2, 0) is 6.42 Å². The molecule has 0 radical (unpaired) electrons. The maximum atomic E-state index is 10.4. The van der Waals surface area contributed by atoms with Gasteiger partial charge in [0, 0.05) is 17.0 Å². The molecule has 0 saturated carbocycles. The first-order valence-corrected chi connectivity index (χ1v) is 6.33. The molecule has 2 rings (SSSR count). The van der Waals surface area contributed by atoms with Crippen LogP contribution in [0.15, 0.2) is 36.4 Å². The van der Waals surface area contributed by atoms with Crippen molar-refractivity contribution in [2.75, 3.05) is 0 Å². The second-order valence-electron chi connectivity index (χ2n) is 4.63. The van der Waals surface area contributed by atoms with Crippen molar-refractivity contribution in [3.05, 3.63) is 64.5 Å². The van der Waals surface area contributed by atoms with E-state index in [9.17, 15) is 5.11 Å². The van der Waals surface area contributed by atoms with E-state index in [0.29, 0.717) is 0 Å². The van der Waals surface area contributed by atoms with Gasteiger partial charge in [0.25, 0.3) is 0 Å². The second-order valence-corrected chi connectivity index (χ2v) is 4.63. The lowest BCUT2D eigenvalue weighted by atomic mass is 9.98. The van der Waals surface area contributed by atoms with Gasteiger partial charge < -0.3 is 5.11 Å². The zero-order chi connectivity index (χ0) is 13.1. The number of hydrogen-bond acceptors (Lipinski definition) is 2. The van der Waals surface area contributed by atoms with E-state index < -0.39 is 6.10 Å². The number of hydrogen-bond donors (Lipinski definition) is 1. The molecule has 0 bridgehead atoms. The molecule has 1 aromatic carbocycles. The van der Waals surface area contributed by atoms with Crippen LogP contribution in [-0.4, -0.2) is 10.1 Å². The Morgan fingerprint density at radius 1 is 1.17 bits per heavy atom. The molecule has 2 aromatic rings. The molecule has 0 fully saturated rings. The predicted molar refractivity (Wildman–Crippen MR) is 73.6 cm³/mol. The van der Waals surface area contributed by atoms with Gasteiger partial charge in [0.2, 0.25) is 0 Å². The molecule has 94 valence electrons. The lowest BCUT2D eigenvalue weighted by Crippen LogP contribution is -2.04. The zero-order valence-electron chi connectivity index (χ0n) is 11.1. The molecule has 0 saturated heterocycles. The van der Waals surface area contributed by atoms with E-state index >= 15 is 0 Å². The quantitative estimate of drug-likeness (QED) is 0.894. The summed E-state index contributed by atoms with van der Waals surface area (Å²) in [6.07, 6.45) is 0.385. The van der Waals surface area contributed by atoms with E-state index in [2.05, 4.69) is 24.0 Å². The van der Waals surface area contributed by atoms with Gasteiger partial charge in [-0.05, 0) is 37.5 Å². The molecule has 0 amide bonds. The standard InChI is InChI=1S/C16H19NO/c1-4-13-6-5-7-14(10-13)16(18)15-9-8-11(2)17-12(15)3/h5-10,16,18H,4H2,1-3H3. The monoisotopic (exact) mass is 241 g/mol. The Morgan fingerprint density at radius 2 is 1.94 bits per heavy atom. The van der Waals surface area contributed by atoms with E-state index in [1.807, 2.05) is 38.1 Å². The average molecular weight is 241 g/mol. The maximum Gasteiger partial charge on any atom is 0.106 e. The van der Waals surface area contributed by atoms with Crippen molar-refractivity contribution in [1.82, 2.24) is 4.98 Å². The van der Waals surface area contributed by atoms with Gasteiger partial charge in [-0.15, -0.1) is 0 Å². The fourth-order valence-corrected chi connectivity index (χ4v) is 2.15. The fraction of sp³-hybridized carbons (Fsp3) is 0.312. The summed E-state index contributed by atoms with van der Waals surface area (Å²) in [6, 6.07) is 12.0. The minimum Gasteiger partial charge on any atom is -0.384 e. The highest BCUT2D eigenvalue weighted by Gasteiger charge is 2.13. The van der Waals surface area contributed by atoms with Crippen LogP contribution in [0, 0.1) is 13.8 Å². The number of nitrogens with zero attached hydrogens (tertiary/aromatic N) is 1. The molecule has 0 spiro atoms. The molecular formula is C16H19NO. The van der Waals surface area contributed by atoms with Crippen molar-refractivity contribution in [2.24, 2.45) is 0 Å². The Kier molecular flexibility index (Phi) is 3.78. The number of rotatable bonds is 3. The molecular weight excluding hydrogens is 222 g/mol. The largest absolute Gasteiger partial charge is 0.384 e. The SMILES string of the molecule is CCc1cccc(C(O)c2ccc(C)nc2C)c1. The Morgan fingerprint density at radius 3 is 2.61 bits per heavy atom. The number of benzene rings is 1. The third-order valence-electron chi connectivity index (χ3n) is 3.24. The summed E-state index contributed by atoms with van der Waals surface area (Å²) < 4.78 is 0. The van der Waals surface area contributed by atoms with Crippen LogP contribution in [0.25, 0.3) is 0 Å². The number of pyridine rings is 1. The summed E-state index contributed by atoms with van der Waals surface area (Å²) in [5.41, 5.74) is 4.93. The lowest BCUT2D eigenvalue weighted by Gasteiger charge is -2.14. The minimum atomic E-state index is -0.593. The van der Waals surface area contributed by atoms with Crippen LogP contribution in [0.1, 0.15) is 41.1 Å². The molecule has 0 aliphatic heterocycles. The van der Waals surface area contributed by atoms with Crippen molar-refractivity contribution in [3.63, 3.8) is 0 Å². The summed E-state index contributed by atoms with van der Waals surface area (Å²) >= 11 is 0. The summed E-state index contributed by atoms with van der Waals surface area (Å²) in [7, 11) is 0. The highest BCUT2D eigenvalue weighted by atomic mass is 16.3. The second kappa shape index (κ2) is 5.32. The molecule has 1 aromatic heterocycles. The van der Waals surface area contributed by atoms with Gasteiger partial charge >= 0.3 is 0 Å². The third kappa shape index (κ3) is 2.59. The Hall–Kier alpha value is -1.67. The first kappa shape index (κ1) is 12.8. The topological polar surface area (TPSA) is 33.1 Å². The van der Waals surface area contributed by atoms with E-state index in [4.69, 9.17) is 0 Å². The number of aliphatic hydroxyl groups is 1. The van der Waals surface area contributed by atoms with Crippen LogP contribution in [0.5, 0.6) is 0 Å². The smallest absolute Gasteiger partial charge is 0.106 e. The van der Waals surface area contributed by atoms with Crippen LogP contribution in [0.2, 0.25) is 0 Å². The van der Waals surface area contributed by atoms with Crippen molar-refractivity contribution in [2.45, 2.75) is 33.3 Å². The van der Waals surface area contributed by atoms with E-state index in [-0.39, 0.29) is 0 Å². The van der Waals surface area contributed by atoms with Crippen LogP contribution < -0.4 is 0 Å². The average Bonchev–Trinajstić information content (AvgIpc) is 2.38. The molecule has 18 heavy (non-hydrogen) atoms. The van der Waals surface area contributed by atoms with Crippen LogP contribution in [0.4, 0.5) is 0 Å². The van der Waals surface area contributed by atoms with E-state index in [1.54, 1.807) is 0 Å². The summed E-state index contributed by atoms with van der Waals surface area (Å²) in [4.78, 5) is 4.40. The van der Waals surface area contributed by atoms with Crippen LogP contribution in [0.3, 0.4) is 0 Å². The van der Waals surface area contributed by atoms with Crippen molar-refractivity contribution in [3.8, 4) is 0 Å². The highest BCUT2D eigenvalue weighted by Crippen LogP contribution is 2.24. The first-order valence-electron chi connectivity index (χ1n) is 6.33. The lowest BCUT2D eigenvalue weighted by molar-refractivity contribution is 0.219. The molecule has 1 N–H and O–H groups in total. The minimum absolute atomic E-state index is 0.593. The fourth-order valence-electron chi connectivity index (χ4n) is 2.15. The molecule has 1 atom stereocenters. The molecule has 0 aliphatic rings. The van der Waals surface area contributed by atoms with Crippen molar-refractivity contribution in [1.29, 1.82) is 0 Å². The van der Waals surface area contributed by atoms with Gasteiger partial charge in [-0.1, -0.05) is 37.3 Å². The predicted octanol–water partition coefficient (Wildman–Crippen LogP) is 3.34. The molecule has 1 heterocycles. The Labute approximate surface area is 108 Å². The summed E-state index contributed by atoms with van der Waals surface area (Å²) in [6.45, 7) is 6.01. The summed E-state index contributed by atoms with van der Waals surface area (Å²) in [5, 5.41) is 10.4. The zero-order valence-corrected chi connectivity index (χ0v) is 11.1. The van der Waals surface area contributed by atoms with Crippen LogP contribution >= 0.6 is 0 Å². The van der Waals surface area contributed by atoms with Crippen molar-refractivity contribution >= 4 is 0 Å². The van der Waals surface area contributed by atoms with Crippen molar-refractivity contribution < 1.29 is 5.11 Å². The molecule has 2 nitrogen and oxygen atoms in total. The van der Waals surface area contributed by atoms with E-state index in [1.165, 1.54) is 5.56 Å². The van der Waals surface area contributed by atoms with Gasteiger partial charge in [-0.2, -0.15) is 0 Å². The third-order valence-corrected chi connectivity index (χ3v) is 3.24. The molecule has 2 heteroatoms. The summed E-state index contributed by atoms with van der Waals surface area (Å²) in [5.74, 6) is 0. The Bertz CT molecular complexity index is 549. The van der Waals surface area contributed by atoms with E-state index in [0.717, 1.165) is 28.9 Å². The van der Waals surface area contributed by atoms with Gasteiger partial charge in [0.15, 0.2) is 0 Å². The normalized spacial score (nSPS) is 12.4. The first-order chi connectivity index (χ1) is 8.61. The number of aliphatic hydroxyl groups excluding tert-OH is 1. The highest BCUT2D eigenvalue weighted by molar-refractivity contribution is 5.34.